The van der Waals surface area contributed by atoms with E-state index in [9.17, 15) is 9.90 Å². The maximum atomic E-state index is 12.8. The lowest BCUT2D eigenvalue weighted by molar-refractivity contribution is 0.0239. The maximum Gasteiger partial charge on any atom is 0.269 e. The van der Waals surface area contributed by atoms with Crippen LogP contribution in [0.5, 0.6) is 0 Å². The average Bonchev–Trinajstić information content (AvgIpc) is 3.17. The van der Waals surface area contributed by atoms with E-state index in [1.165, 1.54) is 5.56 Å². The fraction of sp³-hybridized carbons (Fsp3) is 0.286. The van der Waals surface area contributed by atoms with E-state index < -0.39 is 0 Å². The molecule has 2 heterocycles. The maximum absolute atomic E-state index is 12.8. The van der Waals surface area contributed by atoms with Gasteiger partial charge in [-0.15, -0.1) is 0 Å². The fourth-order valence-corrected chi connectivity index (χ4v) is 3.49. The van der Waals surface area contributed by atoms with E-state index in [2.05, 4.69) is 32.6 Å². The van der Waals surface area contributed by atoms with Crippen LogP contribution in [0.15, 0.2) is 60.8 Å². The number of nitrogens with zero attached hydrogens (tertiary/aromatic N) is 2. The summed E-state index contributed by atoms with van der Waals surface area (Å²) in [6, 6.07) is 17.4. The van der Waals surface area contributed by atoms with Crippen LogP contribution in [0.4, 0.5) is 0 Å². The largest absolute Gasteiger partial charge is 0.393 e. The minimum atomic E-state index is -0.256. The summed E-state index contributed by atoms with van der Waals surface area (Å²) in [6.45, 7) is 0. The van der Waals surface area contributed by atoms with Gasteiger partial charge in [-0.2, -0.15) is 5.10 Å². The molecule has 4 rings (SSSR count). The normalized spacial score (nSPS) is 19.9. The molecule has 2 aromatic heterocycles. The van der Waals surface area contributed by atoms with Gasteiger partial charge in [0.1, 0.15) is 11.4 Å². The summed E-state index contributed by atoms with van der Waals surface area (Å²) >= 11 is 0. The summed E-state index contributed by atoms with van der Waals surface area (Å²) in [6.07, 6.45) is 3.63. The third-order valence-corrected chi connectivity index (χ3v) is 5.08. The molecule has 1 aromatic carbocycles. The number of pyridine rings is 1. The number of hydrogen-bond acceptors (Lipinski definition) is 4. The number of aliphatic hydroxyl groups is 1. The number of rotatable bonds is 6. The van der Waals surface area contributed by atoms with Crippen molar-refractivity contribution in [1.82, 2.24) is 20.5 Å². The van der Waals surface area contributed by atoms with Crippen LogP contribution in [0.3, 0.4) is 0 Å². The molecule has 0 spiro atoms. The van der Waals surface area contributed by atoms with Crippen molar-refractivity contribution in [3.63, 3.8) is 0 Å². The minimum Gasteiger partial charge on any atom is -0.393 e. The number of amides is 1. The second kappa shape index (κ2) is 7.72. The molecule has 1 aliphatic rings. The molecular weight excluding hydrogens is 340 g/mol. The van der Waals surface area contributed by atoms with E-state index in [-0.39, 0.29) is 24.0 Å². The van der Waals surface area contributed by atoms with Crippen molar-refractivity contribution in [3.8, 4) is 11.4 Å². The van der Waals surface area contributed by atoms with E-state index >= 15 is 0 Å². The quantitative estimate of drug-likeness (QED) is 0.629. The molecule has 27 heavy (non-hydrogen) atoms. The predicted octanol–water partition coefficient (Wildman–Crippen LogP) is 2.58. The molecule has 3 N–H and O–H groups in total. The number of hydrogen-bond donors (Lipinski definition) is 3. The number of carbonyl (C=O) groups is 1. The molecule has 1 fully saturated rings. The van der Waals surface area contributed by atoms with Gasteiger partial charge in [-0.3, -0.25) is 14.9 Å². The van der Waals surface area contributed by atoms with Crippen LogP contribution in [0.1, 0.15) is 28.9 Å². The van der Waals surface area contributed by atoms with E-state index in [1.807, 2.05) is 36.4 Å². The molecule has 6 heteroatoms. The summed E-state index contributed by atoms with van der Waals surface area (Å²) in [7, 11) is 0. The molecule has 0 bridgehead atoms. The SMILES string of the molecule is O=C(NC(Cc1ccccc1)C1CC(O)C1)c1cc(-c2ccccn2)n[nH]1. The van der Waals surface area contributed by atoms with Gasteiger partial charge in [0, 0.05) is 12.2 Å². The third-order valence-electron chi connectivity index (χ3n) is 5.08. The summed E-state index contributed by atoms with van der Waals surface area (Å²) in [5.41, 5.74) is 2.94. The zero-order valence-corrected chi connectivity index (χ0v) is 14.9. The van der Waals surface area contributed by atoms with Crippen molar-refractivity contribution in [1.29, 1.82) is 0 Å². The monoisotopic (exact) mass is 362 g/mol. The number of aromatic amines is 1. The highest BCUT2D eigenvalue weighted by Gasteiger charge is 2.35. The summed E-state index contributed by atoms with van der Waals surface area (Å²) in [5, 5.41) is 19.8. The molecule has 0 aliphatic heterocycles. The van der Waals surface area contributed by atoms with Gasteiger partial charge in [-0.25, -0.2) is 0 Å². The highest BCUT2D eigenvalue weighted by atomic mass is 16.3. The predicted molar refractivity (Wildman–Crippen MR) is 102 cm³/mol. The van der Waals surface area contributed by atoms with Crippen molar-refractivity contribution >= 4 is 5.91 Å². The Morgan fingerprint density at radius 1 is 1.15 bits per heavy atom. The Hall–Kier alpha value is -2.99. The average molecular weight is 362 g/mol. The van der Waals surface area contributed by atoms with Crippen LogP contribution in [0, 0.1) is 5.92 Å². The Labute approximate surface area is 157 Å². The summed E-state index contributed by atoms with van der Waals surface area (Å²) in [4.78, 5) is 17.0. The van der Waals surface area contributed by atoms with Gasteiger partial charge < -0.3 is 10.4 Å². The fourth-order valence-electron chi connectivity index (χ4n) is 3.49. The molecule has 1 aliphatic carbocycles. The zero-order valence-electron chi connectivity index (χ0n) is 14.9. The second-order valence-electron chi connectivity index (χ2n) is 7.04. The molecule has 1 saturated carbocycles. The molecule has 0 radical (unpaired) electrons. The number of H-pyrrole nitrogens is 1. The Morgan fingerprint density at radius 2 is 1.93 bits per heavy atom. The molecule has 0 saturated heterocycles. The van der Waals surface area contributed by atoms with Gasteiger partial charge in [0.25, 0.3) is 5.91 Å². The Balaban J connectivity index is 1.47. The first kappa shape index (κ1) is 17.4. The van der Waals surface area contributed by atoms with E-state index in [0.717, 1.165) is 25.0 Å². The van der Waals surface area contributed by atoms with Gasteiger partial charge in [-0.1, -0.05) is 36.4 Å². The van der Waals surface area contributed by atoms with Gasteiger partial charge in [0.05, 0.1) is 11.8 Å². The molecule has 1 atom stereocenters. The number of aliphatic hydroxyl groups excluding tert-OH is 1. The second-order valence-corrected chi connectivity index (χ2v) is 7.04. The van der Waals surface area contributed by atoms with E-state index in [0.29, 0.717) is 11.4 Å². The van der Waals surface area contributed by atoms with Crippen LogP contribution in [0.25, 0.3) is 11.4 Å². The highest BCUT2D eigenvalue weighted by molar-refractivity contribution is 5.93. The molecule has 6 nitrogen and oxygen atoms in total. The Morgan fingerprint density at radius 3 is 2.63 bits per heavy atom. The first-order valence-corrected chi connectivity index (χ1v) is 9.18. The molecule has 3 aromatic rings. The lowest BCUT2D eigenvalue weighted by atomic mass is 9.75. The van der Waals surface area contributed by atoms with Crippen molar-refractivity contribution < 1.29 is 9.90 Å². The van der Waals surface area contributed by atoms with Crippen molar-refractivity contribution in [2.75, 3.05) is 0 Å². The number of nitrogens with one attached hydrogen (secondary N) is 2. The Kier molecular flexibility index (Phi) is 4.98. The van der Waals surface area contributed by atoms with Crippen LogP contribution in [0.2, 0.25) is 0 Å². The van der Waals surface area contributed by atoms with E-state index in [1.54, 1.807) is 12.3 Å². The lowest BCUT2D eigenvalue weighted by Gasteiger charge is -2.38. The first-order chi connectivity index (χ1) is 13.2. The standard InChI is InChI=1S/C21H22N4O2/c26-16-11-15(12-16)18(10-14-6-2-1-3-7-14)23-21(27)20-13-19(24-25-20)17-8-4-5-9-22-17/h1-9,13,15-16,18,26H,10-12H2,(H,23,27)(H,24,25). The molecule has 138 valence electrons. The van der Waals surface area contributed by atoms with Crippen LogP contribution in [-0.4, -0.2) is 38.3 Å². The summed E-state index contributed by atoms with van der Waals surface area (Å²) < 4.78 is 0. The van der Waals surface area contributed by atoms with E-state index in [4.69, 9.17) is 0 Å². The zero-order chi connectivity index (χ0) is 18.6. The molecule has 1 unspecified atom stereocenters. The minimum absolute atomic E-state index is 0.0232. The van der Waals surface area contributed by atoms with Crippen LogP contribution >= 0.6 is 0 Å². The van der Waals surface area contributed by atoms with Gasteiger partial charge in [-0.05, 0) is 48.9 Å². The smallest absolute Gasteiger partial charge is 0.269 e. The third kappa shape index (κ3) is 4.06. The van der Waals surface area contributed by atoms with Gasteiger partial charge >= 0.3 is 0 Å². The topological polar surface area (TPSA) is 90.9 Å². The Bertz CT molecular complexity index is 889. The van der Waals surface area contributed by atoms with Gasteiger partial charge in [0.15, 0.2) is 0 Å². The molecule has 1 amide bonds. The van der Waals surface area contributed by atoms with Gasteiger partial charge in [0.2, 0.25) is 0 Å². The summed E-state index contributed by atoms with van der Waals surface area (Å²) in [5.74, 6) is 0.0920. The van der Waals surface area contributed by atoms with Crippen molar-refractivity contribution in [2.24, 2.45) is 5.92 Å². The lowest BCUT2D eigenvalue weighted by Crippen LogP contribution is -2.48. The molecular formula is C21H22N4O2. The number of carbonyl (C=O) groups excluding carboxylic acids is 1. The first-order valence-electron chi connectivity index (χ1n) is 9.18. The number of aromatic nitrogens is 3. The van der Waals surface area contributed by atoms with Crippen LogP contribution < -0.4 is 5.32 Å². The van der Waals surface area contributed by atoms with Crippen LogP contribution in [-0.2, 0) is 6.42 Å². The number of benzene rings is 1. The van der Waals surface area contributed by atoms with Crippen molar-refractivity contribution in [2.45, 2.75) is 31.4 Å². The van der Waals surface area contributed by atoms with Crippen molar-refractivity contribution in [3.05, 3.63) is 72.1 Å². The highest BCUT2D eigenvalue weighted by Crippen LogP contribution is 2.32.